The number of amides is 2. The third-order valence-electron chi connectivity index (χ3n) is 5.88. The molecule has 0 radical (unpaired) electrons. The van der Waals surface area contributed by atoms with Crippen LogP contribution in [0.4, 0.5) is 4.79 Å². The van der Waals surface area contributed by atoms with Gasteiger partial charge in [0, 0.05) is 45.2 Å². The fourth-order valence-corrected chi connectivity index (χ4v) is 4.07. The number of carbonyl (C=O) groups excluding carboxylic acids is 3. The number of benzene rings is 1. The lowest BCUT2D eigenvalue weighted by atomic mass is 10.0. The van der Waals surface area contributed by atoms with Crippen molar-refractivity contribution in [3.8, 4) is 0 Å². The van der Waals surface area contributed by atoms with Crippen molar-refractivity contribution >= 4 is 18.0 Å². The van der Waals surface area contributed by atoms with Gasteiger partial charge in [-0.3, -0.25) is 19.4 Å². The predicted molar refractivity (Wildman–Crippen MR) is 111 cm³/mol. The number of rotatable bonds is 7. The van der Waals surface area contributed by atoms with Crippen molar-refractivity contribution in [2.75, 3.05) is 46.4 Å². The van der Waals surface area contributed by atoms with Gasteiger partial charge in [-0.05, 0) is 18.9 Å². The molecule has 1 aromatic carbocycles. The number of nitrogens with zero attached hydrogens (tertiary/aromatic N) is 3. The molecule has 0 N–H and O–H groups in total. The minimum absolute atomic E-state index is 0.0435. The molecule has 2 atom stereocenters. The summed E-state index contributed by atoms with van der Waals surface area (Å²) in [7, 11) is 1.39. The largest absolute Gasteiger partial charge is 0.469 e. The Morgan fingerprint density at radius 3 is 2.43 bits per heavy atom. The summed E-state index contributed by atoms with van der Waals surface area (Å²) in [4.78, 5) is 42.9. The van der Waals surface area contributed by atoms with Gasteiger partial charge in [0.2, 0.25) is 5.91 Å². The van der Waals surface area contributed by atoms with Gasteiger partial charge >= 0.3 is 12.1 Å². The third-order valence-corrected chi connectivity index (χ3v) is 5.88. The van der Waals surface area contributed by atoms with E-state index in [0.717, 1.165) is 12.0 Å². The van der Waals surface area contributed by atoms with Crippen LogP contribution in [0.1, 0.15) is 25.3 Å². The first-order chi connectivity index (χ1) is 14.5. The van der Waals surface area contributed by atoms with Crippen molar-refractivity contribution in [3.05, 3.63) is 35.9 Å². The molecule has 0 unspecified atom stereocenters. The van der Waals surface area contributed by atoms with E-state index >= 15 is 0 Å². The first-order valence-electron chi connectivity index (χ1n) is 10.6. The van der Waals surface area contributed by atoms with Crippen molar-refractivity contribution in [1.82, 2.24) is 14.7 Å². The highest BCUT2D eigenvalue weighted by atomic mass is 16.6. The Labute approximate surface area is 177 Å². The van der Waals surface area contributed by atoms with Crippen LogP contribution in [0.25, 0.3) is 0 Å². The van der Waals surface area contributed by atoms with Gasteiger partial charge in [0.05, 0.1) is 20.1 Å². The molecular formula is C22H31N3O5. The van der Waals surface area contributed by atoms with Crippen molar-refractivity contribution in [2.24, 2.45) is 0 Å². The van der Waals surface area contributed by atoms with Crippen LogP contribution in [-0.4, -0.2) is 91.2 Å². The Kier molecular flexibility index (Phi) is 7.68. The van der Waals surface area contributed by atoms with Crippen LogP contribution in [-0.2, 0) is 25.5 Å². The Morgan fingerprint density at radius 2 is 1.80 bits per heavy atom. The second kappa shape index (κ2) is 10.4. The van der Waals surface area contributed by atoms with Gasteiger partial charge in [-0.25, -0.2) is 4.79 Å². The first-order valence-corrected chi connectivity index (χ1v) is 10.6. The molecule has 2 fully saturated rings. The zero-order valence-electron chi connectivity index (χ0n) is 17.8. The maximum atomic E-state index is 13.4. The van der Waals surface area contributed by atoms with Crippen LogP contribution in [0.5, 0.6) is 0 Å². The molecule has 2 amide bonds. The second-order valence-corrected chi connectivity index (χ2v) is 7.86. The summed E-state index contributed by atoms with van der Waals surface area (Å²) in [5.41, 5.74) is 1.01. The summed E-state index contributed by atoms with van der Waals surface area (Å²) in [6.45, 7) is 5.43. The van der Waals surface area contributed by atoms with Gasteiger partial charge in [-0.15, -0.1) is 0 Å². The van der Waals surface area contributed by atoms with Crippen molar-refractivity contribution in [2.45, 2.75) is 38.3 Å². The van der Waals surface area contributed by atoms with Gasteiger partial charge in [-0.2, -0.15) is 0 Å². The number of ether oxygens (including phenoxy) is 2. The van der Waals surface area contributed by atoms with E-state index in [1.165, 1.54) is 7.11 Å². The van der Waals surface area contributed by atoms with Gasteiger partial charge in [0.15, 0.2) is 0 Å². The SMILES string of the molecule is COC(=O)C[C@H](C)N1CCN(C(=O)[C@@H](Cc2ccccc2)N2CCCOC2=O)CC1. The van der Waals surface area contributed by atoms with E-state index in [1.807, 2.05) is 42.2 Å². The minimum Gasteiger partial charge on any atom is -0.469 e. The molecule has 8 heteroatoms. The molecule has 2 saturated heterocycles. The van der Waals surface area contributed by atoms with Crippen LogP contribution in [0.2, 0.25) is 0 Å². The molecule has 2 aliphatic rings. The molecule has 8 nitrogen and oxygen atoms in total. The molecule has 2 heterocycles. The molecule has 30 heavy (non-hydrogen) atoms. The summed E-state index contributed by atoms with van der Waals surface area (Å²) >= 11 is 0. The number of hydrogen-bond donors (Lipinski definition) is 0. The number of cyclic esters (lactones) is 1. The maximum Gasteiger partial charge on any atom is 0.410 e. The fraction of sp³-hybridized carbons (Fsp3) is 0.591. The average Bonchev–Trinajstić information content (AvgIpc) is 2.78. The highest BCUT2D eigenvalue weighted by molar-refractivity contribution is 5.86. The van der Waals surface area contributed by atoms with Crippen LogP contribution < -0.4 is 0 Å². The highest BCUT2D eigenvalue weighted by Gasteiger charge is 2.36. The Morgan fingerprint density at radius 1 is 1.10 bits per heavy atom. The van der Waals surface area contributed by atoms with Crippen LogP contribution >= 0.6 is 0 Å². The standard InChI is InChI=1S/C22H31N3O5/c1-17(15-20(26)29-2)23-10-12-24(13-11-23)21(27)19(16-18-7-4-3-5-8-18)25-9-6-14-30-22(25)28/h3-5,7-8,17,19H,6,9-16H2,1-2H3/t17-,19+/m0/s1. The van der Waals surface area contributed by atoms with Gasteiger partial charge in [-0.1, -0.05) is 30.3 Å². The molecule has 1 aromatic rings. The Bertz CT molecular complexity index is 734. The van der Waals surface area contributed by atoms with Crippen molar-refractivity contribution in [1.29, 1.82) is 0 Å². The Hall–Kier alpha value is -2.61. The fourth-order valence-electron chi connectivity index (χ4n) is 4.07. The molecule has 0 saturated carbocycles. The molecule has 0 spiro atoms. The number of carbonyl (C=O) groups is 3. The lowest BCUT2D eigenvalue weighted by molar-refractivity contribution is -0.143. The molecule has 0 bridgehead atoms. The summed E-state index contributed by atoms with van der Waals surface area (Å²) in [5, 5.41) is 0. The quantitative estimate of drug-likeness (QED) is 0.626. The van der Waals surface area contributed by atoms with Gasteiger partial charge in [0.25, 0.3) is 0 Å². The van der Waals surface area contributed by atoms with Crippen LogP contribution in [0.3, 0.4) is 0 Å². The van der Waals surface area contributed by atoms with E-state index in [-0.39, 0.29) is 17.9 Å². The lowest BCUT2D eigenvalue weighted by Crippen LogP contribution is -2.58. The van der Waals surface area contributed by atoms with Crippen LogP contribution in [0, 0.1) is 0 Å². The average molecular weight is 418 g/mol. The van der Waals surface area contributed by atoms with E-state index in [1.54, 1.807) is 4.90 Å². The minimum atomic E-state index is -0.570. The number of hydrogen-bond acceptors (Lipinski definition) is 6. The zero-order chi connectivity index (χ0) is 21.5. The smallest absolute Gasteiger partial charge is 0.410 e. The van der Waals surface area contributed by atoms with Crippen LogP contribution in [0.15, 0.2) is 30.3 Å². The molecule has 2 aliphatic heterocycles. The highest BCUT2D eigenvalue weighted by Crippen LogP contribution is 2.18. The number of methoxy groups -OCH3 is 1. The van der Waals surface area contributed by atoms with E-state index < -0.39 is 12.1 Å². The summed E-state index contributed by atoms with van der Waals surface area (Å²) in [6.07, 6.45) is 1.11. The monoisotopic (exact) mass is 417 g/mol. The van der Waals surface area contributed by atoms with Crippen molar-refractivity contribution < 1.29 is 23.9 Å². The zero-order valence-corrected chi connectivity index (χ0v) is 17.8. The molecule has 164 valence electrons. The molecule has 0 aliphatic carbocycles. The van der Waals surface area contributed by atoms with Gasteiger partial charge in [0.1, 0.15) is 6.04 Å². The van der Waals surface area contributed by atoms with E-state index in [0.29, 0.717) is 52.2 Å². The number of esters is 1. The number of piperazine rings is 1. The van der Waals surface area contributed by atoms with E-state index in [9.17, 15) is 14.4 Å². The predicted octanol–water partition coefficient (Wildman–Crippen LogP) is 1.54. The molecular weight excluding hydrogens is 386 g/mol. The first kappa shape index (κ1) is 22.1. The molecule has 0 aromatic heterocycles. The second-order valence-electron chi connectivity index (χ2n) is 7.86. The topological polar surface area (TPSA) is 79.4 Å². The normalized spacial score (nSPS) is 19.7. The van der Waals surface area contributed by atoms with Crippen molar-refractivity contribution in [3.63, 3.8) is 0 Å². The summed E-state index contributed by atoms with van der Waals surface area (Å²) < 4.78 is 9.96. The lowest BCUT2D eigenvalue weighted by Gasteiger charge is -2.41. The Balaban J connectivity index is 1.66. The third kappa shape index (κ3) is 5.50. The summed E-state index contributed by atoms with van der Waals surface area (Å²) in [6, 6.07) is 9.25. The van der Waals surface area contributed by atoms with E-state index in [4.69, 9.17) is 9.47 Å². The maximum absolute atomic E-state index is 13.4. The summed E-state index contributed by atoms with van der Waals surface area (Å²) in [5.74, 6) is -0.273. The van der Waals surface area contributed by atoms with E-state index in [2.05, 4.69) is 4.90 Å². The van der Waals surface area contributed by atoms with Gasteiger partial charge < -0.3 is 14.4 Å². The molecule has 3 rings (SSSR count).